The van der Waals surface area contributed by atoms with Crippen molar-refractivity contribution in [2.75, 3.05) is 11.7 Å². The van der Waals surface area contributed by atoms with Gasteiger partial charge in [-0.3, -0.25) is 15.0 Å². The van der Waals surface area contributed by atoms with Gasteiger partial charge in [0.2, 0.25) is 5.91 Å². The molecule has 0 spiro atoms. The number of nitrogens with one attached hydrogen (secondary N) is 1. The fourth-order valence-corrected chi connectivity index (χ4v) is 3.26. The number of hydrogen-bond acceptors (Lipinski definition) is 4. The Morgan fingerprint density at radius 2 is 1.77 bits per heavy atom. The van der Waals surface area contributed by atoms with E-state index in [1.807, 2.05) is 0 Å². The molecule has 2 aromatic carbocycles. The van der Waals surface area contributed by atoms with Crippen molar-refractivity contribution < 1.29 is 26.7 Å². The molecule has 1 aromatic heterocycles. The first-order valence-electron chi connectivity index (χ1n) is 8.46. The fourth-order valence-electron chi connectivity index (χ4n) is 2.76. The molecule has 11 heteroatoms. The molecule has 3 aromatic rings. The number of aromatic nitrogens is 2. The molecule has 158 valence electrons. The standard InChI is InChI=1S/C19H14F5N3O2S/c1-9(10-5-12(20)8-13(21)6-10)16(28)26-27-17(29)14-4-3-11(19(22,23)24)7-15(14)25-18(27)30-2/h3-9H,1-2H3,(H,26,28). The van der Waals surface area contributed by atoms with Crippen molar-refractivity contribution in [2.24, 2.45) is 0 Å². The van der Waals surface area contributed by atoms with Gasteiger partial charge in [0.1, 0.15) is 11.6 Å². The Bertz CT molecular complexity index is 1170. The van der Waals surface area contributed by atoms with Crippen LogP contribution in [0.2, 0.25) is 0 Å². The number of halogens is 5. The van der Waals surface area contributed by atoms with Gasteiger partial charge in [-0.1, -0.05) is 11.8 Å². The van der Waals surface area contributed by atoms with Gasteiger partial charge in [-0.2, -0.15) is 17.8 Å². The number of thioether (sulfide) groups is 1. The van der Waals surface area contributed by atoms with E-state index in [1.165, 1.54) is 13.2 Å². The molecule has 0 aliphatic heterocycles. The van der Waals surface area contributed by atoms with E-state index in [0.717, 1.165) is 46.8 Å². The number of fused-ring (bicyclic) bond motifs is 1. The van der Waals surface area contributed by atoms with E-state index in [0.29, 0.717) is 6.07 Å². The Morgan fingerprint density at radius 3 is 2.33 bits per heavy atom. The summed E-state index contributed by atoms with van der Waals surface area (Å²) in [5.74, 6) is -3.51. The highest BCUT2D eigenvalue weighted by molar-refractivity contribution is 7.98. The van der Waals surface area contributed by atoms with E-state index < -0.39 is 40.8 Å². The Balaban J connectivity index is 2.01. The lowest BCUT2D eigenvalue weighted by Gasteiger charge is -2.17. The SMILES string of the molecule is CSc1nc2cc(C(F)(F)F)ccc2c(=O)n1NC(=O)C(C)c1cc(F)cc(F)c1. The minimum absolute atomic E-state index is 0.0484. The number of amides is 1. The van der Waals surface area contributed by atoms with Crippen LogP contribution in [0.25, 0.3) is 10.9 Å². The lowest BCUT2D eigenvalue weighted by molar-refractivity contribution is -0.137. The van der Waals surface area contributed by atoms with Crippen LogP contribution >= 0.6 is 11.8 Å². The Kier molecular flexibility index (Phi) is 5.84. The molecule has 0 bridgehead atoms. The van der Waals surface area contributed by atoms with E-state index >= 15 is 0 Å². The largest absolute Gasteiger partial charge is 0.416 e. The molecule has 0 radical (unpaired) electrons. The summed E-state index contributed by atoms with van der Waals surface area (Å²) in [5.41, 5.74) is 0.443. The zero-order valence-corrected chi connectivity index (χ0v) is 16.4. The van der Waals surface area contributed by atoms with Crippen LogP contribution in [0.5, 0.6) is 0 Å². The number of alkyl halides is 3. The first-order valence-corrected chi connectivity index (χ1v) is 9.68. The molecule has 0 fully saturated rings. The van der Waals surface area contributed by atoms with Crippen LogP contribution in [0.1, 0.15) is 24.0 Å². The molecule has 30 heavy (non-hydrogen) atoms. The number of carbonyl (C=O) groups excluding carboxylic acids is 1. The fraction of sp³-hybridized carbons (Fsp3) is 0.211. The van der Waals surface area contributed by atoms with Crippen LogP contribution in [0.3, 0.4) is 0 Å². The van der Waals surface area contributed by atoms with Crippen molar-refractivity contribution in [2.45, 2.75) is 24.2 Å². The lowest BCUT2D eigenvalue weighted by atomic mass is 10.0. The number of benzene rings is 2. The summed E-state index contributed by atoms with van der Waals surface area (Å²) in [5, 5.41) is -0.191. The molecule has 0 saturated heterocycles. The molecule has 1 atom stereocenters. The summed E-state index contributed by atoms with van der Waals surface area (Å²) < 4.78 is 66.5. The zero-order valence-electron chi connectivity index (χ0n) is 15.6. The highest BCUT2D eigenvalue weighted by atomic mass is 32.2. The van der Waals surface area contributed by atoms with E-state index in [-0.39, 0.29) is 21.6 Å². The van der Waals surface area contributed by atoms with E-state index in [2.05, 4.69) is 10.4 Å². The monoisotopic (exact) mass is 443 g/mol. The molecule has 1 N–H and O–H groups in total. The van der Waals surface area contributed by atoms with Gasteiger partial charge in [-0.25, -0.2) is 13.8 Å². The van der Waals surface area contributed by atoms with Crippen LogP contribution in [0.4, 0.5) is 22.0 Å². The maximum Gasteiger partial charge on any atom is 0.416 e. The number of rotatable bonds is 4. The summed E-state index contributed by atoms with van der Waals surface area (Å²) in [4.78, 5) is 29.4. The third-order valence-electron chi connectivity index (χ3n) is 4.35. The summed E-state index contributed by atoms with van der Waals surface area (Å²) in [6.07, 6.45) is -3.08. The Hall–Kier alpha value is -2.95. The minimum atomic E-state index is -4.60. The highest BCUT2D eigenvalue weighted by Crippen LogP contribution is 2.30. The topological polar surface area (TPSA) is 64.0 Å². The molecule has 3 rings (SSSR count). The van der Waals surface area contributed by atoms with Crippen molar-refractivity contribution in [3.8, 4) is 0 Å². The molecule has 5 nitrogen and oxygen atoms in total. The third-order valence-corrected chi connectivity index (χ3v) is 4.99. The number of nitrogens with zero attached hydrogens (tertiary/aromatic N) is 2. The zero-order chi connectivity index (χ0) is 22.2. The average Bonchev–Trinajstić information content (AvgIpc) is 2.67. The van der Waals surface area contributed by atoms with E-state index in [4.69, 9.17) is 0 Å². The lowest BCUT2D eigenvalue weighted by Crippen LogP contribution is -2.37. The van der Waals surface area contributed by atoms with Crippen LogP contribution < -0.4 is 11.0 Å². The summed E-state index contributed by atoms with van der Waals surface area (Å²) in [6.45, 7) is 1.39. The number of carbonyl (C=O) groups is 1. The molecule has 0 aliphatic rings. The van der Waals surface area contributed by atoms with Gasteiger partial charge in [0.25, 0.3) is 5.56 Å². The molecule has 0 aliphatic carbocycles. The van der Waals surface area contributed by atoms with Gasteiger partial charge in [-0.05, 0) is 49.1 Å². The minimum Gasteiger partial charge on any atom is -0.273 e. The van der Waals surface area contributed by atoms with E-state index in [1.54, 1.807) is 0 Å². The smallest absolute Gasteiger partial charge is 0.273 e. The van der Waals surface area contributed by atoms with Crippen LogP contribution in [-0.4, -0.2) is 21.8 Å². The second kappa shape index (κ2) is 8.05. The molecular formula is C19H14F5N3O2S. The molecule has 1 heterocycles. The summed E-state index contributed by atoms with van der Waals surface area (Å²) in [6, 6.07) is 5.11. The van der Waals surface area contributed by atoms with Crippen molar-refractivity contribution >= 4 is 28.6 Å². The second-order valence-corrected chi connectivity index (χ2v) is 7.14. The van der Waals surface area contributed by atoms with Gasteiger partial charge < -0.3 is 0 Å². The quantitative estimate of drug-likeness (QED) is 0.371. The Morgan fingerprint density at radius 1 is 1.13 bits per heavy atom. The van der Waals surface area contributed by atoms with Gasteiger partial charge in [-0.15, -0.1) is 0 Å². The van der Waals surface area contributed by atoms with Gasteiger partial charge in [0.15, 0.2) is 5.16 Å². The molecule has 1 amide bonds. The highest BCUT2D eigenvalue weighted by Gasteiger charge is 2.31. The van der Waals surface area contributed by atoms with Crippen LogP contribution in [0, 0.1) is 11.6 Å². The molecule has 0 saturated carbocycles. The van der Waals surface area contributed by atoms with Gasteiger partial charge in [0, 0.05) is 6.07 Å². The summed E-state index contributed by atoms with van der Waals surface area (Å²) >= 11 is 0.928. The van der Waals surface area contributed by atoms with Crippen LogP contribution in [0.15, 0.2) is 46.3 Å². The van der Waals surface area contributed by atoms with Crippen molar-refractivity contribution in [1.82, 2.24) is 9.66 Å². The predicted molar refractivity (Wildman–Crippen MR) is 102 cm³/mol. The first-order chi connectivity index (χ1) is 14.0. The van der Waals surface area contributed by atoms with Crippen molar-refractivity contribution in [1.29, 1.82) is 0 Å². The number of hydrogen-bond donors (Lipinski definition) is 1. The maximum atomic E-state index is 13.4. The third kappa shape index (κ3) is 4.30. The summed E-state index contributed by atoms with van der Waals surface area (Å²) in [7, 11) is 0. The van der Waals surface area contributed by atoms with Crippen molar-refractivity contribution in [3.63, 3.8) is 0 Å². The average molecular weight is 443 g/mol. The maximum absolute atomic E-state index is 13.4. The predicted octanol–water partition coefficient (Wildman–Crippen LogP) is 4.29. The Labute approximate surface area is 170 Å². The first kappa shape index (κ1) is 21.8. The normalized spacial score (nSPS) is 12.8. The molecular weight excluding hydrogens is 429 g/mol. The van der Waals surface area contributed by atoms with Gasteiger partial charge >= 0.3 is 6.18 Å². The van der Waals surface area contributed by atoms with Gasteiger partial charge in [0.05, 0.1) is 22.4 Å². The second-order valence-electron chi connectivity index (χ2n) is 6.37. The van der Waals surface area contributed by atoms with Crippen molar-refractivity contribution in [3.05, 3.63) is 69.5 Å². The molecule has 1 unspecified atom stereocenters. The van der Waals surface area contributed by atoms with E-state index in [9.17, 15) is 31.5 Å². The van der Waals surface area contributed by atoms with Crippen LogP contribution in [-0.2, 0) is 11.0 Å².